The standard InChI is InChI=1S/C20H34N6O.HI/c1-21-20(25(3)13-14-27-16-17-6-7-17)23-15-18-5-4-8-22-19(18)26-11-9-24(2)10-12-26;/h4-5,8,17H,6-7,9-16H2,1-3H3,(H,21,23);1H. The van der Waals surface area contributed by atoms with Crippen molar-refractivity contribution in [1.82, 2.24) is 20.1 Å². The summed E-state index contributed by atoms with van der Waals surface area (Å²) in [4.78, 5) is 15.9. The Bertz CT molecular complexity index is 616. The molecule has 7 nitrogen and oxygen atoms in total. The predicted octanol–water partition coefficient (Wildman–Crippen LogP) is 1.89. The minimum Gasteiger partial charge on any atom is -0.379 e. The first-order valence-electron chi connectivity index (χ1n) is 10.0. The van der Waals surface area contributed by atoms with Gasteiger partial charge in [0, 0.05) is 71.7 Å². The molecule has 0 amide bonds. The number of anilines is 1. The maximum absolute atomic E-state index is 5.75. The van der Waals surface area contributed by atoms with Crippen LogP contribution in [-0.4, -0.2) is 87.8 Å². The lowest BCUT2D eigenvalue weighted by Crippen LogP contribution is -2.45. The van der Waals surface area contributed by atoms with Gasteiger partial charge in [0.05, 0.1) is 6.61 Å². The highest BCUT2D eigenvalue weighted by atomic mass is 127. The number of aromatic nitrogens is 1. The lowest BCUT2D eigenvalue weighted by atomic mass is 10.2. The summed E-state index contributed by atoms with van der Waals surface area (Å²) in [6.45, 7) is 7.40. The lowest BCUT2D eigenvalue weighted by molar-refractivity contribution is 0.115. The van der Waals surface area contributed by atoms with Crippen LogP contribution in [0.5, 0.6) is 0 Å². The molecule has 1 aromatic rings. The molecule has 2 aliphatic rings. The number of hydrogen-bond acceptors (Lipinski definition) is 5. The minimum atomic E-state index is 0. The quantitative estimate of drug-likeness (QED) is 0.254. The number of pyridine rings is 1. The molecule has 1 saturated heterocycles. The largest absolute Gasteiger partial charge is 0.379 e. The minimum absolute atomic E-state index is 0. The van der Waals surface area contributed by atoms with E-state index in [9.17, 15) is 0 Å². The molecule has 28 heavy (non-hydrogen) atoms. The molecular weight excluding hydrogens is 467 g/mol. The Kier molecular flexibility index (Phi) is 9.73. The maximum atomic E-state index is 5.75. The van der Waals surface area contributed by atoms with Crippen LogP contribution in [0.25, 0.3) is 0 Å². The van der Waals surface area contributed by atoms with Crippen molar-refractivity contribution in [2.75, 3.05) is 72.0 Å². The Balaban J connectivity index is 0.00000280. The van der Waals surface area contributed by atoms with E-state index in [2.05, 4.69) is 50.2 Å². The normalized spacial score (nSPS) is 18.0. The van der Waals surface area contributed by atoms with Gasteiger partial charge in [-0.3, -0.25) is 4.99 Å². The van der Waals surface area contributed by atoms with Gasteiger partial charge >= 0.3 is 0 Å². The first kappa shape index (κ1) is 23.2. The Morgan fingerprint density at radius 3 is 2.75 bits per heavy atom. The number of hydrogen-bond donors (Lipinski definition) is 1. The van der Waals surface area contributed by atoms with Gasteiger partial charge in [0.2, 0.25) is 0 Å². The third-order valence-electron chi connectivity index (χ3n) is 5.30. The smallest absolute Gasteiger partial charge is 0.193 e. The zero-order valence-corrected chi connectivity index (χ0v) is 19.8. The van der Waals surface area contributed by atoms with Gasteiger partial charge < -0.3 is 24.8 Å². The number of ether oxygens (including phenoxy) is 1. The van der Waals surface area contributed by atoms with Crippen molar-refractivity contribution in [2.24, 2.45) is 10.9 Å². The monoisotopic (exact) mass is 502 g/mol. The number of likely N-dealkylation sites (N-methyl/N-ethyl adjacent to an activating group) is 2. The summed E-state index contributed by atoms with van der Waals surface area (Å²) in [5.74, 6) is 2.79. The van der Waals surface area contributed by atoms with E-state index >= 15 is 0 Å². The van der Waals surface area contributed by atoms with E-state index in [-0.39, 0.29) is 24.0 Å². The molecule has 0 radical (unpaired) electrons. The van der Waals surface area contributed by atoms with Crippen molar-refractivity contribution in [2.45, 2.75) is 19.4 Å². The van der Waals surface area contributed by atoms with Crippen molar-refractivity contribution in [3.05, 3.63) is 23.9 Å². The van der Waals surface area contributed by atoms with E-state index in [4.69, 9.17) is 4.74 Å². The Labute approximate surface area is 186 Å². The maximum Gasteiger partial charge on any atom is 0.193 e. The van der Waals surface area contributed by atoms with E-state index in [0.29, 0.717) is 0 Å². The number of aliphatic imine (C=N–C) groups is 1. The number of halogens is 1. The zero-order chi connectivity index (χ0) is 19.1. The summed E-state index contributed by atoms with van der Waals surface area (Å²) in [6, 6.07) is 4.16. The second kappa shape index (κ2) is 11.8. The molecule has 2 fully saturated rings. The Morgan fingerprint density at radius 2 is 2.07 bits per heavy atom. The van der Waals surface area contributed by atoms with Crippen molar-refractivity contribution in [3.8, 4) is 0 Å². The van der Waals surface area contributed by atoms with Crippen LogP contribution < -0.4 is 10.2 Å². The number of nitrogens with zero attached hydrogens (tertiary/aromatic N) is 5. The van der Waals surface area contributed by atoms with Gasteiger partial charge in [0.1, 0.15) is 5.82 Å². The van der Waals surface area contributed by atoms with Crippen LogP contribution in [0.1, 0.15) is 18.4 Å². The highest BCUT2D eigenvalue weighted by molar-refractivity contribution is 14.0. The summed E-state index contributed by atoms with van der Waals surface area (Å²) in [5.41, 5.74) is 1.21. The van der Waals surface area contributed by atoms with Gasteiger partial charge in [-0.05, 0) is 31.9 Å². The zero-order valence-electron chi connectivity index (χ0n) is 17.4. The number of rotatable bonds is 8. The molecule has 1 aliphatic carbocycles. The Morgan fingerprint density at radius 1 is 1.32 bits per heavy atom. The third kappa shape index (κ3) is 7.04. The third-order valence-corrected chi connectivity index (χ3v) is 5.30. The first-order valence-corrected chi connectivity index (χ1v) is 10.0. The molecule has 0 spiro atoms. The van der Waals surface area contributed by atoms with Gasteiger partial charge in [-0.1, -0.05) is 6.07 Å². The first-order chi connectivity index (χ1) is 13.2. The molecule has 1 aliphatic heterocycles. The van der Waals surface area contributed by atoms with E-state index in [1.807, 2.05) is 19.3 Å². The second-order valence-electron chi connectivity index (χ2n) is 7.62. The average molecular weight is 502 g/mol. The molecule has 1 aromatic heterocycles. The van der Waals surface area contributed by atoms with Crippen molar-refractivity contribution < 1.29 is 4.74 Å². The van der Waals surface area contributed by atoms with Crippen molar-refractivity contribution in [1.29, 1.82) is 0 Å². The fourth-order valence-corrected chi connectivity index (χ4v) is 3.27. The lowest BCUT2D eigenvalue weighted by Gasteiger charge is -2.34. The average Bonchev–Trinajstić information content (AvgIpc) is 3.51. The molecule has 0 aromatic carbocycles. The topological polar surface area (TPSA) is 56.2 Å². The summed E-state index contributed by atoms with van der Waals surface area (Å²) in [5, 5.41) is 3.48. The van der Waals surface area contributed by atoms with Crippen LogP contribution in [0.4, 0.5) is 5.82 Å². The van der Waals surface area contributed by atoms with Crippen molar-refractivity contribution >= 4 is 35.8 Å². The predicted molar refractivity (Wildman–Crippen MR) is 126 cm³/mol. The van der Waals surface area contributed by atoms with Crippen LogP contribution >= 0.6 is 24.0 Å². The van der Waals surface area contributed by atoms with Crippen molar-refractivity contribution in [3.63, 3.8) is 0 Å². The van der Waals surface area contributed by atoms with E-state index < -0.39 is 0 Å². The van der Waals surface area contributed by atoms with Gasteiger partial charge in [-0.25, -0.2) is 4.98 Å². The van der Waals surface area contributed by atoms with Gasteiger partial charge in [0.15, 0.2) is 5.96 Å². The van der Waals surface area contributed by atoms with Crippen LogP contribution in [0.2, 0.25) is 0 Å². The molecule has 158 valence electrons. The van der Waals surface area contributed by atoms with Crippen LogP contribution in [0.3, 0.4) is 0 Å². The molecule has 0 bridgehead atoms. The molecule has 1 N–H and O–H groups in total. The van der Waals surface area contributed by atoms with Crippen LogP contribution in [0.15, 0.2) is 23.3 Å². The molecule has 3 rings (SSSR count). The summed E-state index contributed by atoms with van der Waals surface area (Å²) >= 11 is 0. The molecular formula is C20H35IN6O. The fourth-order valence-electron chi connectivity index (χ4n) is 3.27. The van der Waals surface area contributed by atoms with Gasteiger partial charge in [0.25, 0.3) is 0 Å². The summed E-state index contributed by atoms with van der Waals surface area (Å²) in [6.07, 6.45) is 4.55. The molecule has 0 atom stereocenters. The second-order valence-corrected chi connectivity index (χ2v) is 7.62. The number of nitrogens with one attached hydrogen (secondary N) is 1. The van der Waals surface area contributed by atoms with Crippen LogP contribution in [0, 0.1) is 5.92 Å². The van der Waals surface area contributed by atoms with Gasteiger partial charge in [-0.15, -0.1) is 24.0 Å². The van der Waals surface area contributed by atoms with E-state index in [1.54, 1.807) is 0 Å². The SMILES string of the molecule is CN=C(NCc1cccnc1N1CCN(C)CC1)N(C)CCOCC1CC1.I. The highest BCUT2D eigenvalue weighted by Gasteiger charge is 2.21. The highest BCUT2D eigenvalue weighted by Crippen LogP contribution is 2.28. The summed E-state index contributed by atoms with van der Waals surface area (Å²) in [7, 11) is 6.06. The molecule has 2 heterocycles. The van der Waals surface area contributed by atoms with Crippen LogP contribution in [-0.2, 0) is 11.3 Å². The number of piperazine rings is 1. The molecule has 0 unspecified atom stereocenters. The molecule has 8 heteroatoms. The number of guanidine groups is 1. The fraction of sp³-hybridized carbons (Fsp3) is 0.700. The molecule has 1 saturated carbocycles. The van der Waals surface area contributed by atoms with E-state index in [1.165, 1.54) is 18.4 Å². The Hall–Kier alpha value is -1.13. The van der Waals surface area contributed by atoms with Gasteiger partial charge in [-0.2, -0.15) is 0 Å². The van der Waals surface area contributed by atoms with E-state index in [0.717, 1.165) is 70.2 Å². The summed E-state index contributed by atoms with van der Waals surface area (Å²) < 4.78 is 5.75.